The summed E-state index contributed by atoms with van der Waals surface area (Å²) >= 11 is 17.2. The Labute approximate surface area is 112 Å². The van der Waals surface area contributed by atoms with Crippen molar-refractivity contribution in [1.82, 2.24) is 0 Å². The Hall–Kier alpha value is -0.830. The molecule has 0 saturated heterocycles. The molecule has 0 aliphatic heterocycles. The van der Waals surface area contributed by atoms with Gasteiger partial charge in [0.1, 0.15) is 5.82 Å². The Kier molecular flexibility index (Phi) is 3.57. The van der Waals surface area contributed by atoms with E-state index >= 15 is 0 Å². The van der Waals surface area contributed by atoms with Gasteiger partial charge in [0.05, 0.1) is 15.1 Å². The molecule has 0 spiro atoms. The zero-order valence-electron chi connectivity index (χ0n) is 8.28. The lowest BCUT2D eigenvalue weighted by molar-refractivity contribution is 0.626. The molecule has 0 N–H and O–H groups in total. The summed E-state index contributed by atoms with van der Waals surface area (Å²) in [5.74, 6) is -1.25. The average Bonchev–Trinajstić information content (AvgIpc) is 2.25. The van der Waals surface area contributed by atoms with E-state index in [2.05, 4.69) is 0 Å². The molecule has 5 heteroatoms. The monoisotopic (exact) mass is 292 g/mol. The number of hydrogen-bond donors (Lipinski definition) is 0. The molecular formula is C12H5Cl3F2. The van der Waals surface area contributed by atoms with E-state index in [-0.39, 0.29) is 20.6 Å². The van der Waals surface area contributed by atoms with Crippen LogP contribution in [0.5, 0.6) is 0 Å². The van der Waals surface area contributed by atoms with Gasteiger partial charge in [0.15, 0.2) is 5.82 Å². The van der Waals surface area contributed by atoms with Crippen LogP contribution in [0.4, 0.5) is 8.78 Å². The Bertz CT molecular complexity index is 539. The molecule has 0 aliphatic rings. The fourth-order valence-electron chi connectivity index (χ4n) is 1.47. The lowest BCUT2D eigenvalue weighted by atomic mass is 10.1. The van der Waals surface area contributed by atoms with Gasteiger partial charge in [-0.25, -0.2) is 8.78 Å². The molecule has 2 rings (SSSR count). The van der Waals surface area contributed by atoms with E-state index in [9.17, 15) is 8.78 Å². The fourth-order valence-corrected chi connectivity index (χ4v) is 2.23. The molecule has 0 fully saturated rings. The molecule has 17 heavy (non-hydrogen) atoms. The molecule has 0 atom stereocenters. The van der Waals surface area contributed by atoms with E-state index in [1.807, 2.05) is 0 Å². The second-order valence-electron chi connectivity index (χ2n) is 3.35. The van der Waals surface area contributed by atoms with Crippen molar-refractivity contribution >= 4 is 34.8 Å². The summed E-state index contributed by atoms with van der Waals surface area (Å²) < 4.78 is 26.9. The van der Waals surface area contributed by atoms with Gasteiger partial charge in [-0.1, -0.05) is 40.9 Å². The van der Waals surface area contributed by atoms with Crippen molar-refractivity contribution in [2.24, 2.45) is 0 Å². The SMILES string of the molecule is Fc1cccc(Cl)c1-c1cc(Cl)c(F)c(Cl)c1. The van der Waals surface area contributed by atoms with E-state index in [1.54, 1.807) is 0 Å². The highest BCUT2D eigenvalue weighted by atomic mass is 35.5. The summed E-state index contributed by atoms with van der Waals surface area (Å²) in [4.78, 5) is 0. The van der Waals surface area contributed by atoms with Gasteiger partial charge in [-0.05, 0) is 29.8 Å². The van der Waals surface area contributed by atoms with Gasteiger partial charge in [-0.15, -0.1) is 0 Å². The van der Waals surface area contributed by atoms with Gasteiger partial charge in [-0.2, -0.15) is 0 Å². The van der Waals surface area contributed by atoms with Crippen molar-refractivity contribution in [3.05, 3.63) is 57.0 Å². The molecule has 0 aliphatic carbocycles. The topological polar surface area (TPSA) is 0 Å². The van der Waals surface area contributed by atoms with E-state index in [0.29, 0.717) is 5.56 Å². The minimum atomic E-state index is -0.732. The lowest BCUT2D eigenvalue weighted by Gasteiger charge is -2.08. The van der Waals surface area contributed by atoms with Gasteiger partial charge >= 0.3 is 0 Å². The molecule has 2 aromatic carbocycles. The highest BCUT2D eigenvalue weighted by Crippen LogP contribution is 2.35. The Morgan fingerprint density at radius 1 is 0.824 bits per heavy atom. The third-order valence-electron chi connectivity index (χ3n) is 2.24. The normalized spacial score (nSPS) is 10.6. The van der Waals surface area contributed by atoms with Crippen molar-refractivity contribution in [2.45, 2.75) is 0 Å². The van der Waals surface area contributed by atoms with Gasteiger partial charge < -0.3 is 0 Å². The van der Waals surface area contributed by atoms with E-state index < -0.39 is 11.6 Å². The molecule has 0 bridgehead atoms. The largest absolute Gasteiger partial charge is 0.206 e. The summed E-state index contributed by atoms with van der Waals surface area (Å²) in [6.45, 7) is 0. The van der Waals surface area contributed by atoms with Crippen LogP contribution in [0.15, 0.2) is 30.3 Å². The summed E-state index contributed by atoms with van der Waals surface area (Å²) in [5, 5.41) is -0.137. The molecule has 0 unspecified atom stereocenters. The highest BCUT2D eigenvalue weighted by molar-refractivity contribution is 6.36. The van der Waals surface area contributed by atoms with Crippen LogP contribution in [0, 0.1) is 11.6 Å². The lowest BCUT2D eigenvalue weighted by Crippen LogP contribution is -1.88. The van der Waals surface area contributed by atoms with Gasteiger partial charge in [0, 0.05) is 5.56 Å². The number of halogens is 5. The smallest absolute Gasteiger partial charge is 0.160 e. The number of hydrogen-bond acceptors (Lipinski definition) is 0. The van der Waals surface area contributed by atoms with Crippen LogP contribution in [0.3, 0.4) is 0 Å². The predicted molar refractivity (Wildman–Crippen MR) is 66.8 cm³/mol. The Morgan fingerprint density at radius 3 is 1.94 bits per heavy atom. The molecule has 0 radical (unpaired) electrons. The number of rotatable bonds is 1. The van der Waals surface area contributed by atoms with Crippen molar-refractivity contribution < 1.29 is 8.78 Å². The standard InChI is InChI=1S/C12H5Cl3F2/c13-7-2-1-3-10(16)11(7)6-4-8(14)12(17)9(15)5-6/h1-5H. The van der Waals surface area contributed by atoms with Crippen molar-refractivity contribution in [2.75, 3.05) is 0 Å². The molecule has 2 aromatic rings. The van der Waals surface area contributed by atoms with Crippen molar-refractivity contribution in [3.63, 3.8) is 0 Å². The minimum absolute atomic E-state index is 0.151. The molecule has 0 saturated carbocycles. The van der Waals surface area contributed by atoms with E-state index in [0.717, 1.165) is 0 Å². The van der Waals surface area contributed by atoms with Crippen LogP contribution in [0.1, 0.15) is 0 Å². The highest BCUT2D eigenvalue weighted by Gasteiger charge is 2.14. The van der Waals surface area contributed by atoms with Crippen LogP contribution < -0.4 is 0 Å². The van der Waals surface area contributed by atoms with Gasteiger partial charge in [0.2, 0.25) is 0 Å². The maximum atomic E-state index is 13.6. The number of benzene rings is 2. The third-order valence-corrected chi connectivity index (χ3v) is 3.10. The molecule has 0 nitrogen and oxygen atoms in total. The first-order chi connectivity index (χ1) is 8.00. The first-order valence-electron chi connectivity index (χ1n) is 4.59. The quantitative estimate of drug-likeness (QED) is 0.601. The summed E-state index contributed by atoms with van der Waals surface area (Å²) in [7, 11) is 0. The van der Waals surface area contributed by atoms with Crippen LogP contribution in [0.2, 0.25) is 15.1 Å². The van der Waals surface area contributed by atoms with E-state index in [1.165, 1.54) is 30.3 Å². The maximum Gasteiger partial charge on any atom is 0.160 e. The van der Waals surface area contributed by atoms with Crippen LogP contribution >= 0.6 is 34.8 Å². The molecular weight excluding hydrogens is 288 g/mol. The molecule has 0 aromatic heterocycles. The second-order valence-corrected chi connectivity index (χ2v) is 4.57. The minimum Gasteiger partial charge on any atom is -0.206 e. The van der Waals surface area contributed by atoms with Crippen LogP contribution in [0.25, 0.3) is 11.1 Å². The fraction of sp³-hybridized carbons (Fsp3) is 0. The third kappa shape index (κ3) is 2.39. The molecule has 0 amide bonds. The van der Waals surface area contributed by atoms with Crippen molar-refractivity contribution in [3.8, 4) is 11.1 Å². The summed E-state index contributed by atoms with van der Waals surface area (Å²) in [5.41, 5.74) is 0.488. The summed E-state index contributed by atoms with van der Waals surface area (Å²) in [6, 6.07) is 6.84. The molecule has 0 heterocycles. The first-order valence-corrected chi connectivity index (χ1v) is 5.73. The zero-order chi connectivity index (χ0) is 12.6. The maximum absolute atomic E-state index is 13.6. The Morgan fingerprint density at radius 2 is 1.41 bits per heavy atom. The van der Waals surface area contributed by atoms with E-state index in [4.69, 9.17) is 34.8 Å². The first kappa shape index (κ1) is 12.6. The van der Waals surface area contributed by atoms with Crippen LogP contribution in [-0.4, -0.2) is 0 Å². The average molecular weight is 294 g/mol. The van der Waals surface area contributed by atoms with Gasteiger partial charge in [0.25, 0.3) is 0 Å². The van der Waals surface area contributed by atoms with Gasteiger partial charge in [-0.3, -0.25) is 0 Å². The molecule has 88 valence electrons. The second kappa shape index (κ2) is 4.81. The predicted octanol–water partition coefficient (Wildman–Crippen LogP) is 5.59. The Balaban J connectivity index is 2.69. The zero-order valence-corrected chi connectivity index (χ0v) is 10.5. The van der Waals surface area contributed by atoms with Crippen LogP contribution in [-0.2, 0) is 0 Å². The van der Waals surface area contributed by atoms with Crippen molar-refractivity contribution in [1.29, 1.82) is 0 Å². The summed E-state index contributed by atoms with van der Waals surface area (Å²) in [6.07, 6.45) is 0.